The van der Waals surface area contributed by atoms with Gasteiger partial charge in [-0.15, -0.1) is 0 Å². The number of carbonyl (C=O) groups is 1. The predicted molar refractivity (Wildman–Crippen MR) is 47.1 cm³/mol. The summed E-state index contributed by atoms with van der Waals surface area (Å²) in [6.45, 7) is 4.13. The third kappa shape index (κ3) is 4.59. The zero-order valence-electron chi connectivity index (χ0n) is 7.39. The maximum absolute atomic E-state index is 10.7. The molecule has 1 amide bonds. The van der Waals surface area contributed by atoms with Crippen LogP contribution in [0.5, 0.6) is 0 Å². The highest BCUT2D eigenvalue weighted by Crippen LogP contribution is 2.05. The normalized spacial score (nSPS) is 11.6. The molecule has 0 radical (unpaired) electrons. The van der Waals surface area contributed by atoms with Crippen LogP contribution in [0, 0.1) is 0 Å². The Morgan fingerprint density at radius 2 is 2.00 bits per heavy atom. The summed E-state index contributed by atoms with van der Waals surface area (Å²) >= 11 is 0. The number of carbonyl (C=O) groups excluding carboxylic acids is 1. The summed E-state index contributed by atoms with van der Waals surface area (Å²) in [5.74, 6) is -0.264. The van der Waals surface area contributed by atoms with Gasteiger partial charge >= 0.3 is 0 Å². The lowest BCUT2D eigenvalue weighted by atomic mass is 10.1. The number of nitrogens with two attached hydrogens (primary N) is 1. The maximum Gasteiger partial charge on any atom is 0.244 e. The van der Waals surface area contributed by atoms with Crippen molar-refractivity contribution in [3.05, 3.63) is 11.6 Å². The summed E-state index contributed by atoms with van der Waals surface area (Å²) in [6, 6.07) is 0. The fourth-order valence-corrected chi connectivity index (χ4v) is 0.914. The van der Waals surface area contributed by atoms with Gasteiger partial charge in [0, 0.05) is 5.57 Å². The Morgan fingerprint density at radius 1 is 1.36 bits per heavy atom. The molecular weight excluding hydrogens is 138 g/mol. The van der Waals surface area contributed by atoms with Crippen LogP contribution in [-0.2, 0) is 4.79 Å². The molecule has 0 aromatic heterocycles. The van der Waals surface area contributed by atoms with Gasteiger partial charge in [-0.2, -0.15) is 0 Å². The first kappa shape index (κ1) is 10.2. The molecule has 0 aliphatic carbocycles. The average Bonchev–Trinajstić information content (AvgIpc) is 1.97. The monoisotopic (exact) mass is 155 g/mol. The molecule has 0 spiro atoms. The molecule has 2 N–H and O–H groups in total. The van der Waals surface area contributed by atoms with Crippen molar-refractivity contribution in [2.45, 2.75) is 39.5 Å². The van der Waals surface area contributed by atoms with E-state index in [-0.39, 0.29) is 5.91 Å². The molecule has 64 valence electrons. The van der Waals surface area contributed by atoms with Gasteiger partial charge in [-0.1, -0.05) is 32.8 Å². The maximum atomic E-state index is 10.7. The van der Waals surface area contributed by atoms with Crippen molar-refractivity contribution < 1.29 is 4.79 Å². The van der Waals surface area contributed by atoms with Crippen LogP contribution in [0.4, 0.5) is 0 Å². The van der Waals surface area contributed by atoms with Gasteiger partial charge < -0.3 is 5.73 Å². The number of hydrogen-bond donors (Lipinski definition) is 1. The van der Waals surface area contributed by atoms with Crippen molar-refractivity contribution in [1.29, 1.82) is 0 Å². The molecule has 0 aliphatic rings. The first-order chi connectivity index (χ1) is 5.22. The number of hydrogen-bond acceptors (Lipinski definition) is 1. The molecule has 0 aromatic rings. The molecule has 0 saturated carbocycles. The van der Waals surface area contributed by atoms with Crippen LogP contribution in [0.25, 0.3) is 0 Å². The number of primary amides is 1. The van der Waals surface area contributed by atoms with Crippen molar-refractivity contribution in [2.75, 3.05) is 0 Å². The SMILES string of the molecule is CCC/C=C(\CCC)C(N)=O. The Labute approximate surface area is 68.5 Å². The summed E-state index contributed by atoms with van der Waals surface area (Å²) in [6.07, 6.45) is 5.78. The van der Waals surface area contributed by atoms with Crippen molar-refractivity contribution >= 4 is 5.91 Å². The molecule has 2 heteroatoms. The molecule has 11 heavy (non-hydrogen) atoms. The van der Waals surface area contributed by atoms with Crippen molar-refractivity contribution in [3.63, 3.8) is 0 Å². The second-order valence-corrected chi connectivity index (χ2v) is 2.63. The van der Waals surface area contributed by atoms with Crippen LogP contribution in [0.2, 0.25) is 0 Å². The van der Waals surface area contributed by atoms with E-state index < -0.39 is 0 Å². The predicted octanol–water partition coefficient (Wildman–Crippen LogP) is 2.00. The molecule has 0 rings (SSSR count). The molecule has 0 aromatic carbocycles. The molecule has 0 bridgehead atoms. The van der Waals surface area contributed by atoms with E-state index in [0.29, 0.717) is 0 Å². The van der Waals surface area contributed by atoms with Gasteiger partial charge in [0.05, 0.1) is 0 Å². The van der Waals surface area contributed by atoms with Gasteiger partial charge in [0.2, 0.25) is 5.91 Å². The minimum absolute atomic E-state index is 0.264. The Hall–Kier alpha value is -0.790. The van der Waals surface area contributed by atoms with Crippen LogP contribution < -0.4 is 5.73 Å². The lowest BCUT2D eigenvalue weighted by Crippen LogP contribution is -2.13. The van der Waals surface area contributed by atoms with Crippen LogP contribution >= 0.6 is 0 Å². The van der Waals surface area contributed by atoms with Gasteiger partial charge in [-0.05, 0) is 12.8 Å². The second-order valence-electron chi connectivity index (χ2n) is 2.63. The van der Waals surface area contributed by atoms with Crippen molar-refractivity contribution in [3.8, 4) is 0 Å². The lowest BCUT2D eigenvalue weighted by molar-refractivity contribution is -0.114. The third-order valence-corrected chi connectivity index (χ3v) is 1.52. The second kappa shape index (κ2) is 5.96. The Balaban J connectivity index is 3.97. The number of rotatable bonds is 5. The van der Waals surface area contributed by atoms with Gasteiger partial charge in [-0.3, -0.25) is 4.79 Å². The Kier molecular flexibility index (Phi) is 5.53. The third-order valence-electron chi connectivity index (χ3n) is 1.52. The topological polar surface area (TPSA) is 43.1 Å². The fourth-order valence-electron chi connectivity index (χ4n) is 0.914. The summed E-state index contributed by atoms with van der Waals surface area (Å²) in [5, 5.41) is 0. The van der Waals surface area contributed by atoms with E-state index in [4.69, 9.17) is 5.73 Å². The number of unbranched alkanes of at least 4 members (excludes halogenated alkanes) is 1. The van der Waals surface area contributed by atoms with E-state index in [9.17, 15) is 4.79 Å². The average molecular weight is 155 g/mol. The lowest BCUT2D eigenvalue weighted by Gasteiger charge is -1.99. The molecule has 0 heterocycles. The molecule has 0 saturated heterocycles. The van der Waals surface area contributed by atoms with E-state index in [1.54, 1.807) is 0 Å². The molecule has 2 nitrogen and oxygen atoms in total. The van der Waals surface area contributed by atoms with Crippen LogP contribution in [0.3, 0.4) is 0 Å². The Bertz CT molecular complexity index is 150. The van der Waals surface area contributed by atoms with Crippen LogP contribution in [0.15, 0.2) is 11.6 Å². The zero-order valence-corrected chi connectivity index (χ0v) is 7.39. The summed E-state index contributed by atoms with van der Waals surface area (Å²) in [5.41, 5.74) is 5.94. The van der Waals surface area contributed by atoms with E-state index in [1.807, 2.05) is 13.0 Å². The largest absolute Gasteiger partial charge is 0.366 e. The van der Waals surface area contributed by atoms with Crippen molar-refractivity contribution in [2.24, 2.45) is 5.73 Å². The highest BCUT2D eigenvalue weighted by Gasteiger charge is 2.01. The molecule has 0 unspecified atom stereocenters. The zero-order chi connectivity index (χ0) is 8.69. The van der Waals surface area contributed by atoms with Gasteiger partial charge in [0.15, 0.2) is 0 Å². The molecule has 0 aliphatic heterocycles. The minimum Gasteiger partial charge on any atom is -0.366 e. The molecule has 0 fully saturated rings. The number of amides is 1. The van der Waals surface area contributed by atoms with Crippen molar-refractivity contribution in [1.82, 2.24) is 0 Å². The molecular formula is C9H17NO. The number of allylic oxidation sites excluding steroid dienone is 1. The van der Waals surface area contributed by atoms with E-state index in [0.717, 1.165) is 31.3 Å². The van der Waals surface area contributed by atoms with Gasteiger partial charge in [-0.25, -0.2) is 0 Å². The molecule has 0 atom stereocenters. The fraction of sp³-hybridized carbons (Fsp3) is 0.667. The van der Waals surface area contributed by atoms with Gasteiger partial charge in [0.1, 0.15) is 0 Å². The highest BCUT2D eigenvalue weighted by atomic mass is 16.1. The van der Waals surface area contributed by atoms with Gasteiger partial charge in [0.25, 0.3) is 0 Å². The van der Waals surface area contributed by atoms with E-state index >= 15 is 0 Å². The van der Waals surface area contributed by atoms with Crippen LogP contribution in [-0.4, -0.2) is 5.91 Å². The van der Waals surface area contributed by atoms with Crippen LogP contribution in [0.1, 0.15) is 39.5 Å². The van der Waals surface area contributed by atoms with E-state index in [1.165, 1.54) is 0 Å². The summed E-state index contributed by atoms with van der Waals surface area (Å²) < 4.78 is 0. The highest BCUT2D eigenvalue weighted by molar-refractivity contribution is 5.91. The smallest absolute Gasteiger partial charge is 0.244 e. The first-order valence-electron chi connectivity index (χ1n) is 4.21. The minimum atomic E-state index is -0.264. The summed E-state index contributed by atoms with van der Waals surface area (Å²) in [4.78, 5) is 10.7. The quantitative estimate of drug-likeness (QED) is 0.606. The Morgan fingerprint density at radius 3 is 2.36 bits per heavy atom. The first-order valence-corrected chi connectivity index (χ1v) is 4.21. The standard InChI is InChI=1S/C9H17NO/c1-3-5-7-8(6-4-2)9(10)11/h7H,3-6H2,1-2H3,(H2,10,11)/b8-7+. The summed E-state index contributed by atoms with van der Waals surface area (Å²) in [7, 11) is 0. The van der Waals surface area contributed by atoms with E-state index in [2.05, 4.69) is 6.92 Å².